The summed E-state index contributed by atoms with van der Waals surface area (Å²) in [7, 11) is 0. The van der Waals surface area contributed by atoms with E-state index in [0.717, 1.165) is 0 Å². The van der Waals surface area contributed by atoms with Crippen molar-refractivity contribution in [3.63, 3.8) is 0 Å². The quantitative estimate of drug-likeness (QED) is 0.744. The second kappa shape index (κ2) is 4.00. The predicted octanol–water partition coefficient (Wildman–Crippen LogP) is 2.27. The van der Waals surface area contributed by atoms with Crippen molar-refractivity contribution in [1.82, 2.24) is 0 Å². The summed E-state index contributed by atoms with van der Waals surface area (Å²) in [6.07, 6.45) is 0.668. The lowest BCUT2D eigenvalue weighted by Crippen LogP contribution is -2.50. The molecule has 0 aromatic heterocycles. The van der Waals surface area contributed by atoms with Crippen LogP contribution in [0.25, 0.3) is 0 Å². The minimum absolute atomic E-state index is 0.0554. The lowest BCUT2D eigenvalue weighted by Gasteiger charge is -2.44. The van der Waals surface area contributed by atoms with Gasteiger partial charge in [-0.1, -0.05) is 31.9 Å². The Morgan fingerprint density at radius 1 is 1.53 bits per heavy atom. The third-order valence-electron chi connectivity index (χ3n) is 3.76. The number of halogens is 2. The van der Waals surface area contributed by atoms with Gasteiger partial charge in [-0.3, -0.25) is 4.79 Å². The normalized spacial score (nSPS) is 50.1. The van der Waals surface area contributed by atoms with Crippen molar-refractivity contribution in [3.05, 3.63) is 0 Å². The van der Waals surface area contributed by atoms with Crippen LogP contribution in [0.4, 0.5) is 0 Å². The molecule has 1 N–H and O–H groups in total. The van der Waals surface area contributed by atoms with E-state index >= 15 is 0 Å². The maximum atomic E-state index is 11.2. The van der Waals surface area contributed by atoms with Crippen LogP contribution in [-0.2, 0) is 9.53 Å². The molecule has 0 bridgehead atoms. The fourth-order valence-electron chi connectivity index (χ4n) is 2.69. The Hall–Kier alpha value is 0.390. The van der Waals surface area contributed by atoms with Gasteiger partial charge in [-0.25, -0.2) is 0 Å². The van der Waals surface area contributed by atoms with Gasteiger partial charge >= 0.3 is 5.97 Å². The summed E-state index contributed by atoms with van der Waals surface area (Å²) in [4.78, 5) is 11.4. The maximum absolute atomic E-state index is 11.2. The molecule has 0 aromatic carbocycles. The van der Waals surface area contributed by atoms with Gasteiger partial charge < -0.3 is 9.84 Å². The monoisotopic (exact) mass is 340 g/mol. The second-order valence-electron chi connectivity index (χ2n) is 4.61. The van der Waals surface area contributed by atoms with E-state index in [9.17, 15) is 9.90 Å². The van der Waals surface area contributed by atoms with Crippen LogP contribution < -0.4 is 0 Å². The van der Waals surface area contributed by atoms with Crippen molar-refractivity contribution in [1.29, 1.82) is 0 Å². The molecule has 0 unspecified atom stereocenters. The largest absolute Gasteiger partial charge is 0.481 e. The molecule has 5 atom stereocenters. The fraction of sp³-hybridized carbons (Fsp3) is 0.900. The molecule has 0 spiro atoms. The molecule has 1 saturated heterocycles. The summed E-state index contributed by atoms with van der Waals surface area (Å²) < 4.78 is 5.39. The van der Waals surface area contributed by atoms with Crippen LogP contribution in [-0.4, -0.2) is 33.4 Å². The molecule has 0 amide bonds. The molecule has 5 heteroatoms. The number of aliphatic carboxylic acids is 1. The van der Waals surface area contributed by atoms with Crippen molar-refractivity contribution < 1.29 is 14.6 Å². The topological polar surface area (TPSA) is 46.5 Å². The van der Waals surface area contributed by atoms with E-state index in [0.29, 0.717) is 19.6 Å². The van der Waals surface area contributed by atoms with Crippen LogP contribution in [0.5, 0.6) is 0 Å². The lowest BCUT2D eigenvalue weighted by atomic mass is 9.68. The van der Waals surface area contributed by atoms with E-state index in [-0.39, 0.29) is 26.9 Å². The van der Waals surface area contributed by atoms with Crippen LogP contribution >= 0.6 is 31.9 Å². The molecule has 1 aliphatic carbocycles. The number of hydrogen-bond donors (Lipinski definition) is 1. The van der Waals surface area contributed by atoms with Gasteiger partial charge in [-0.05, 0) is 13.3 Å². The molecule has 1 aliphatic heterocycles. The van der Waals surface area contributed by atoms with Crippen LogP contribution in [0, 0.1) is 17.8 Å². The van der Waals surface area contributed by atoms with E-state index in [1.54, 1.807) is 0 Å². The number of rotatable bonds is 1. The number of ether oxygens (including phenoxy) is 1. The van der Waals surface area contributed by atoms with E-state index in [1.165, 1.54) is 0 Å². The Morgan fingerprint density at radius 2 is 2.20 bits per heavy atom. The Labute approximate surface area is 106 Å². The first-order valence-electron chi connectivity index (χ1n) is 5.08. The first-order valence-corrected chi connectivity index (χ1v) is 6.79. The number of carboxylic acids is 1. The van der Waals surface area contributed by atoms with Crippen LogP contribution in [0.1, 0.15) is 13.3 Å². The van der Waals surface area contributed by atoms with Crippen molar-refractivity contribution >= 4 is 37.8 Å². The van der Waals surface area contributed by atoms with Gasteiger partial charge in [0.15, 0.2) is 0 Å². The smallest absolute Gasteiger partial charge is 0.306 e. The average molecular weight is 342 g/mol. The molecular formula is C10H14Br2O3. The zero-order chi connectivity index (χ0) is 11.2. The van der Waals surface area contributed by atoms with Gasteiger partial charge in [-0.2, -0.15) is 0 Å². The first-order chi connectivity index (χ1) is 6.94. The van der Waals surface area contributed by atoms with Crippen LogP contribution in [0.2, 0.25) is 0 Å². The molecule has 86 valence electrons. The van der Waals surface area contributed by atoms with Crippen molar-refractivity contribution in [2.24, 2.45) is 17.8 Å². The summed E-state index contributed by atoms with van der Waals surface area (Å²) in [6, 6.07) is 0. The SMILES string of the molecule is C[C@]1(Br)[C@H](Br)C[C@@H](C(=O)O)[C@@H]2COC[C@H]21. The second-order valence-corrected chi connectivity index (χ2v) is 7.42. The number of carbonyl (C=O) groups is 1. The average Bonchev–Trinajstić information content (AvgIpc) is 2.60. The summed E-state index contributed by atoms with van der Waals surface area (Å²) in [5.41, 5.74) is 0. The highest BCUT2D eigenvalue weighted by atomic mass is 79.9. The third-order valence-corrected chi connectivity index (χ3v) is 6.84. The number of hydrogen-bond acceptors (Lipinski definition) is 2. The molecule has 2 fully saturated rings. The molecule has 1 saturated carbocycles. The van der Waals surface area contributed by atoms with Crippen molar-refractivity contribution in [2.75, 3.05) is 13.2 Å². The molecule has 0 radical (unpaired) electrons. The minimum Gasteiger partial charge on any atom is -0.481 e. The Bertz CT molecular complexity index is 280. The highest BCUT2D eigenvalue weighted by Crippen LogP contribution is 2.51. The maximum Gasteiger partial charge on any atom is 0.306 e. The zero-order valence-electron chi connectivity index (χ0n) is 8.45. The molecule has 2 aliphatic rings. The summed E-state index contributed by atoms with van der Waals surface area (Å²) in [6.45, 7) is 3.37. The summed E-state index contributed by atoms with van der Waals surface area (Å²) in [5, 5.41) is 9.18. The molecule has 0 aromatic rings. The highest BCUT2D eigenvalue weighted by molar-refractivity contribution is 9.12. The van der Waals surface area contributed by atoms with Crippen molar-refractivity contribution in [3.8, 4) is 0 Å². The minimum atomic E-state index is -0.692. The van der Waals surface area contributed by atoms with E-state index in [1.807, 2.05) is 0 Å². The van der Waals surface area contributed by atoms with Crippen LogP contribution in [0.15, 0.2) is 0 Å². The van der Waals surface area contributed by atoms with Gasteiger partial charge in [0.1, 0.15) is 0 Å². The zero-order valence-corrected chi connectivity index (χ0v) is 11.6. The summed E-state index contributed by atoms with van der Waals surface area (Å²) >= 11 is 7.31. The van der Waals surface area contributed by atoms with Gasteiger partial charge in [0.05, 0.1) is 19.1 Å². The molecule has 15 heavy (non-hydrogen) atoms. The van der Waals surface area contributed by atoms with Gasteiger partial charge in [0.2, 0.25) is 0 Å². The van der Waals surface area contributed by atoms with Gasteiger partial charge in [0, 0.05) is 21.0 Å². The van der Waals surface area contributed by atoms with Gasteiger partial charge in [-0.15, -0.1) is 0 Å². The van der Waals surface area contributed by atoms with E-state index in [2.05, 4.69) is 38.8 Å². The molecule has 2 rings (SSSR count). The summed E-state index contributed by atoms with van der Waals surface area (Å²) in [5.74, 6) is -0.521. The molecular weight excluding hydrogens is 328 g/mol. The van der Waals surface area contributed by atoms with Crippen molar-refractivity contribution in [2.45, 2.75) is 22.5 Å². The lowest BCUT2D eigenvalue weighted by molar-refractivity contribution is -0.145. The van der Waals surface area contributed by atoms with Crippen LogP contribution in [0.3, 0.4) is 0 Å². The number of carboxylic acid groups (broad SMARTS) is 1. The highest BCUT2D eigenvalue weighted by Gasteiger charge is 2.54. The predicted molar refractivity (Wildman–Crippen MR) is 63.6 cm³/mol. The van der Waals surface area contributed by atoms with E-state index < -0.39 is 5.97 Å². The Balaban J connectivity index is 2.26. The molecule has 1 heterocycles. The van der Waals surface area contributed by atoms with E-state index in [4.69, 9.17) is 4.74 Å². The Morgan fingerprint density at radius 3 is 2.80 bits per heavy atom. The number of alkyl halides is 2. The Kier molecular flexibility index (Phi) is 3.17. The molecule has 3 nitrogen and oxygen atoms in total. The first kappa shape index (κ1) is 11.9. The fourth-order valence-corrected chi connectivity index (χ4v) is 4.09. The number of fused-ring (bicyclic) bond motifs is 1. The standard InChI is InChI=1S/C10H14Br2O3/c1-10(12)7-4-15-3-6(7)5(9(13)14)2-8(10)11/h5-8H,2-4H2,1H3,(H,13,14)/t5-,6+,7-,8-,10-/m1/s1. The third kappa shape index (κ3) is 1.87. The van der Waals surface area contributed by atoms with Gasteiger partial charge in [0.25, 0.3) is 0 Å².